The molecule has 0 aromatic rings. The van der Waals surface area contributed by atoms with Crippen molar-refractivity contribution in [3.63, 3.8) is 0 Å². The Morgan fingerprint density at radius 3 is 2.67 bits per heavy atom. The van der Waals surface area contributed by atoms with Gasteiger partial charge in [-0.25, -0.2) is 0 Å². The number of hydrogen-bond acceptors (Lipinski definition) is 2. The van der Waals surface area contributed by atoms with E-state index in [0.29, 0.717) is 12.0 Å². The lowest BCUT2D eigenvalue weighted by atomic mass is 9.85. The van der Waals surface area contributed by atoms with Crippen LogP contribution >= 0.6 is 0 Å². The number of carbonyl (C=O) groups is 1. The molecule has 1 saturated heterocycles. The number of alkyl halides is 3. The Morgan fingerprint density at radius 2 is 2.05 bits per heavy atom. The largest absolute Gasteiger partial charge is 0.412 e. The summed E-state index contributed by atoms with van der Waals surface area (Å²) in [6, 6.07) is 0.234. The molecule has 1 N–H and O–H groups in total. The molecule has 6 heteroatoms. The second-order valence-electron chi connectivity index (χ2n) is 6.37. The van der Waals surface area contributed by atoms with E-state index in [1.54, 1.807) is 4.90 Å². The molecule has 3 nitrogen and oxygen atoms in total. The van der Waals surface area contributed by atoms with Crippen molar-refractivity contribution in [2.24, 2.45) is 5.92 Å². The zero-order valence-electron chi connectivity index (χ0n) is 12.0. The van der Waals surface area contributed by atoms with Crippen LogP contribution in [0.25, 0.3) is 0 Å². The Kier molecular flexibility index (Phi) is 3.99. The van der Waals surface area contributed by atoms with Crippen LogP contribution in [-0.2, 0) is 4.79 Å². The zero-order chi connectivity index (χ0) is 15.0. The number of halogens is 3. The van der Waals surface area contributed by atoms with Gasteiger partial charge >= 0.3 is 6.18 Å². The highest BCUT2D eigenvalue weighted by molar-refractivity contribution is 5.82. The van der Waals surface area contributed by atoms with E-state index in [9.17, 15) is 18.0 Å². The van der Waals surface area contributed by atoms with Gasteiger partial charge in [0.05, 0.1) is 6.04 Å². The average Bonchev–Trinajstić information content (AvgIpc) is 2.89. The Bertz CT molecular complexity index is 433. The first-order valence-corrected chi connectivity index (χ1v) is 7.76. The molecule has 21 heavy (non-hydrogen) atoms. The van der Waals surface area contributed by atoms with Gasteiger partial charge in [-0.2, -0.15) is 13.2 Å². The predicted octanol–water partition coefficient (Wildman–Crippen LogP) is 2.63. The summed E-state index contributed by atoms with van der Waals surface area (Å²) in [4.78, 5) is 14.0. The molecule has 3 unspecified atom stereocenters. The van der Waals surface area contributed by atoms with Gasteiger partial charge in [-0.05, 0) is 31.6 Å². The van der Waals surface area contributed by atoms with Crippen LogP contribution in [0.2, 0.25) is 0 Å². The van der Waals surface area contributed by atoms with Crippen molar-refractivity contribution < 1.29 is 18.0 Å². The second-order valence-corrected chi connectivity index (χ2v) is 6.37. The van der Waals surface area contributed by atoms with Gasteiger partial charge in [-0.1, -0.05) is 18.9 Å². The molecule has 1 aliphatic carbocycles. The van der Waals surface area contributed by atoms with Crippen LogP contribution in [0.1, 0.15) is 38.5 Å². The number of amides is 1. The molecule has 3 aliphatic rings. The quantitative estimate of drug-likeness (QED) is 0.755. The normalized spacial score (nSPS) is 33.6. The molecule has 0 radical (unpaired) electrons. The second kappa shape index (κ2) is 5.63. The van der Waals surface area contributed by atoms with Gasteiger partial charge in [0.25, 0.3) is 0 Å². The third kappa shape index (κ3) is 3.10. The minimum Gasteiger partial charge on any atom is -0.337 e. The number of nitrogens with one attached hydrogen (secondary N) is 1. The lowest BCUT2D eigenvalue weighted by Crippen LogP contribution is -2.47. The van der Waals surface area contributed by atoms with E-state index in [1.165, 1.54) is 19.3 Å². The minimum absolute atomic E-state index is 0.0260. The van der Waals surface area contributed by atoms with Crippen molar-refractivity contribution in [1.29, 1.82) is 0 Å². The average molecular weight is 302 g/mol. The maximum atomic E-state index is 12.6. The van der Waals surface area contributed by atoms with Crippen molar-refractivity contribution >= 4 is 5.91 Å². The number of rotatable bonds is 1. The van der Waals surface area contributed by atoms with Crippen LogP contribution in [0.3, 0.4) is 0 Å². The van der Waals surface area contributed by atoms with Crippen molar-refractivity contribution in [3.05, 3.63) is 11.6 Å². The molecule has 0 spiro atoms. The van der Waals surface area contributed by atoms with Gasteiger partial charge in [-0.3, -0.25) is 4.79 Å². The fourth-order valence-electron chi connectivity index (χ4n) is 3.86. The van der Waals surface area contributed by atoms with Crippen molar-refractivity contribution in [2.45, 2.75) is 56.8 Å². The summed E-state index contributed by atoms with van der Waals surface area (Å²) in [5, 5.41) is 3.40. The van der Waals surface area contributed by atoms with E-state index >= 15 is 0 Å². The summed E-state index contributed by atoms with van der Waals surface area (Å²) in [5.74, 6) is 0.542. The fraction of sp³-hybridized carbons (Fsp3) is 0.800. The molecule has 2 fully saturated rings. The molecule has 2 heterocycles. The highest BCUT2D eigenvalue weighted by Gasteiger charge is 2.41. The first kappa shape index (κ1) is 14.9. The van der Waals surface area contributed by atoms with Crippen molar-refractivity contribution in [2.75, 3.05) is 13.1 Å². The molecule has 3 atom stereocenters. The maximum absolute atomic E-state index is 12.6. The smallest absolute Gasteiger partial charge is 0.337 e. The highest BCUT2D eigenvalue weighted by Crippen LogP contribution is 2.34. The van der Waals surface area contributed by atoms with E-state index in [1.807, 2.05) is 0 Å². The van der Waals surface area contributed by atoms with Crippen LogP contribution < -0.4 is 5.32 Å². The number of carbonyl (C=O) groups excluding carboxylic acids is 1. The Morgan fingerprint density at radius 1 is 1.29 bits per heavy atom. The van der Waals surface area contributed by atoms with Crippen LogP contribution in [0.15, 0.2) is 11.6 Å². The molecule has 3 rings (SSSR count). The third-order valence-electron chi connectivity index (χ3n) is 5.05. The molecule has 1 amide bonds. The van der Waals surface area contributed by atoms with Crippen molar-refractivity contribution in [1.82, 2.24) is 10.2 Å². The topological polar surface area (TPSA) is 32.3 Å². The Balaban J connectivity index is 1.59. The number of fused-ring (bicyclic) bond motifs is 1. The molecule has 0 aromatic carbocycles. The minimum atomic E-state index is -4.25. The monoisotopic (exact) mass is 302 g/mol. The lowest BCUT2D eigenvalue weighted by Gasteiger charge is -2.29. The lowest BCUT2D eigenvalue weighted by molar-refractivity contribution is -0.134. The Hall–Kier alpha value is -1.04. The van der Waals surface area contributed by atoms with Crippen LogP contribution in [-0.4, -0.2) is 42.2 Å². The molecule has 0 aromatic heterocycles. The first-order valence-electron chi connectivity index (χ1n) is 7.76. The molecule has 118 valence electrons. The SMILES string of the molecule is O=C(C1CC2CCCCC2N1)N1CC=C(C(F)(F)F)CC1. The summed E-state index contributed by atoms with van der Waals surface area (Å²) in [7, 11) is 0. The van der Waals surface area contributed by atoms with Gasteiger partial charge in [0, 0.05) is 24.7 Å². The summed E-state index contributed by atoms with van der Waals surface area (Å²) in [6.07, 6.45) is 2.37. The predicted molar refractivity (Wildman–Crippen MR) is 72.6 cm³/mol. The summed E-state index contributed by atoms with van der Waals surface area (Å²) >= 11 is 0. The standard InChI is InChI=1S/C15H21F3N2O/c16-15(17,18)11-5-7-20(8-6-11)14(21)13-9-10-3-1-2-4-12(10)19-13/h5,10,12-13,19H,1-4,6-9H2. The van der Waals surface area contributed by atoms with E-state index in [4.69, 9.17) is 0 Å². The molecule has 0 bridgehead atoms. The van der Waals surface area contributed by atoms with E-state index in [0.717, 1.165) is 18.9 Å². The van der Waals surface area contributed by atoms with Gasteiger partial charge in [0.1, 0.15) is 0 Å². The van der Waals surface area contributed by atoms with Crippen LogP contribution in [0.5, 0.6) is 0 Å². The number of hydrogen-bond donors (Lipinski definition) is 1. The van der Waals surface area contributed by atoms with Crippen LogP contribution in [0.4, 0.5) is 13.2 Å². The van der Waals surface area contributed by atoms with Gasteiger partial charge < -0.3 is 10.2 Å². The van der Waals surface area contributed by atoms with Crippen molar-refractivity contribution in [3.8, 4) is 0 Å². The summed E-state index contributed by atoms with van der Waals surface area (Å²) < 4.78 is 37.8. The molecule has 1 saturated carbocycles. The van der Waals surface area contributed by atoms with Gasteiger partial charge in [-0.15, -0.1) is 0 Å². The molecule has 2 aliphatic heterocycles. The summed E-state index contributed by atoms with van der Waals surface area (Å²) in [5.41, 5.74) is -0.500. The fourth-order valence-corrected chi connectivity index (χ4v) is 3.86. The van der Waals surface area contributed by atoms with Crippen LogP contribution in [0, 0.1) is 5.92 Å². The van der Waals surface area contributed by atoms with E-state index in [2.05, 4.69) is 5.32 Å². The van der Waals surface area contributed by atoms with E-state index < -0.39 is 11.7 Å². The molecular weight excluding hydrogens is 281 g/mol. The molecular formula is C15H21F3N2O. The van der Waals surface area contributed by atoms with E-state index in [-0.39, 0.29) is 31.5 Å². The Labute approximate surface area is 122 Å². The highest BCUT2D eigenvalue weighted by atomic mass is 19.4. The first-order chi connectivity index (χ1) is 9.95. The van der Waals surface area contributed by atoms with Gasteiger partial charge in [0.15, 0.2) is 0 Å². The zero-order valence-corrected chi connectivity index (χ0v) is 12.0. The van der Waals surface area contributed by atoms with Gasteiger partial charge in [0.2, 0.25) is 5.91 Å². The summed E-state index contributed by atoms with van der Waals surface area (Å²) in [6.45, 7) is 0.263. The number of nitrogens with zero attached hydrogens (tertiary/aromatic N) is 1. The third-order valence-corrected chi connectivity index (χ3v) is 5.05. The maximum Gasteiger partial charge on any atom is 0.412 e.